The van der Waals surface area contributed by atoms with Crippen LogP contribution in [0.5, 0.6) is 11.5 Å². The van der Waals surface area contributed by atoms with Crippen LogP contribution in [0.1, 0.15) is 46.9 Å². The number of amides is 2. The molecule has 0 saturated carbocycles. The Balaban J connectivity index is 0.000000264. The summed E-state index contributed by atoms with van der Waals surface area (Å²) >= 11 is 0. The molecule has 73 heavy (non-hydrogen) atoms. The second-order valence-electron chi connectivity index (χ2n) is 17.7. The number of carbonyl (C=O) groups is 4. The van der Waals surface area contributed by atoms with Gasteiger partial charge in [-0.1, -0.05) is 121 Å². The van der Waals surface area contributed by atoms with E-state index in [4.69, 9.17) is 14.2 Å². The molecule has 0 aromatic heterocycles. The van der Waals surface area contributed by atoms with E-state index in [9.17, 15) is 33.1 Å². The van der Waals surface area contributed by atoms with Gasteiger partial charge in [0.25, 0.3) is 0 Å². The van der Waals surface area contributed by atoms with Gasteiger partial charge in [-0.3, -0.25) is 19.4 Å². The van der Waals surface area contributed by atoms with Crippen molar-refractivity contribution in [3.63, 3.8) is 0 Å². The molecule has 2 fully saturated rings. The van der Waals surface area contributed by atoms with Gasteiger partial charge in [0.2, 0.25) is 11.8 Å². The zero-order chi connectivity index (χ0) is 50.3. The number of esters is 1. The summed E-state index contributed by atoms with van der Waals surface area (Å²) in [7, 11) is 5.20. The Morgan fingerprint density at radius 1 is 0.548 bits per heavy atom. The number of carbonyl (C=O) groups excluding carboxylic acids is 3. The topological polar surface area (TPSA) is 159 Å². The van der Waals surface area contributed by atoms with Crippen LogP contribution in [-0.4, -0.2) is 139 Å². The average Bonchev–Trinajstić information content (AvgIpc) is 4.06. The molecule has 16 heteroatoms. The normalized spacial score (nSPS) is 17.1. The summed E-state index contributed by atoms with van der Waals surface area (Å²) < 4.78 is 42.7. The summed E-state index contributed by atoms with van der Waals surface area (Å²) in [4.78, 5) is 60.0. The molecule has 0 bridgehead atoms. The molecule has 0 aliphatic carbocycles. The number of benzene rings is 6. The van der Waals surface area contributed by atoms with Gasteiger partial charge in [0, 0.05) is 38.3 Å². The van der Waals surface area contributed by atoms with Gasteiger partial charge in [-0.15, -0.1) is 0 Å². The maximum Gasteiger partial charge on any atom is 1.00 e. The quantitative estimate of drug-likeness (QED) is 0.0917. The van der Waals surface area contributed by atoms with Crippen LogP contribution in [0.4, 0.5) is 8.78 Å². The molecule has 6 aromatic carbocycles. The molecule has 0 spiro atoms. The first-order chi connectivity index (χ1) is 34.4. The van der Waals surface area contributed by atoms with Crippen LogP contribution < -0.4 is 28.3 Å². The van der Waals surface area contributed by atoms with E-state index in [0.29, 0.717) is 63.7 Å². The van der Waals surface area contributed by atoms with Crippen molar-refractivity contribution in [2.45, 2.75) is 48.8 Å². The number of likely N-dealkylation sites (tertiary alicyclic amines) is 2. The first-order valence-electron chi connectivity index (χ1n) is 23.7. The minimum absolute atomic E-state index is 0. The molecule has 2 aliphatic heterocycles. The van der Waals surface area contributed by atoms with E-state index >= 15 is 0 Å². The summed E-state index contributed by atoms with van der Waals surface area (Å²) in [5.41, 5.74) is 3.42. The van der Waals surface area contributed by atoms with E-state index in [-0.39, 0.29) is 59.9 Å². The third kappa shape index (κ3) is 15.1. The van der Waals surface area contributed by atoms with Crippen molar-refractivity contribution >= 4 is 23.8 Å². The third-order valence-corrected chi connectivity index (χ3v) is 13.2. The molecule has 0 radical (unpaired) electrons. The van der Waals surface area contributed by atoms with Crippen molar-refractivity contribution in [3.05, 3.63) is 204 Å². The molecule has 378 valence electrons. The number of hydrogen-bond donors (Lipinski definition) is 1. The predicted molar refractivity (Wildman–Crippen MR) is 268 cm³/mol. The Kier molecular flexibility index (Phi) is 21.7. The molecule has 2 N–H and O–H groups in total. The number of carboxylic acids is 1. The fraction of sp³-hybridized carbons (Fsp3) is 0.298. The summed E-state index contributed by atoms with van der Waals surface area (Å²) in [5.74, 6) is -2.33. The number of nitrogens with zero attached hydrogens (tertiary/aromatic N) is 4. The minimum atomic E-state index is -1.00. The monoisotopic (exact) mass is 990 g/mol. The van der Waals surface area contributed by atoms with Crippen LogP contribution in [0.15, 0.2) is 170 Å². The van der Waals surface area contributed by atoms with E-state index in [1.807, 2.05) is 140 Å². The van der Waals surface area contributed by atoms with Crippen LogP contribution in [0, 0.1) is 11.6 Å². The maximum absolute atomic E-state index is 14.0. The predicted octanol–water partition coefficient (Wildman–Crippen LogP) is 4.96. The van der Waals surface area contributed by atoms with E-state index in [1.165, 1.54) is 36.3 Å². The van der Waals surface area contributed by atoms with Crippen molar-refractivity contribution in [1.82, 2.24) is 19.6 Å². The molecule has 0 unspecified atom stereocenters. The van der Waals surface area contributed by atoms with Gasteiger partial charge in [-0.05, 0) is 97.7 Å². The molecule has 2 saturated heterocycles. The third-order valence-electron chi connectivity index (χ3n) is 13.2. The largest absolute Gasteiger partial charge is 1.00 e. The first-order valence-corrected chi connectivity index (χ1v) is 23.7. The van der Waals surface area contributed by atoms with Gasteiger partial charge >= 0.3 is 30.8 Å². The Bertz CT molecular complexity index is 2560. The van der Waals surface area contributed by atoms with E-state index in [1.54, 1.807) is 29.2 Å². The molecule has 4 atom stereocenters. The van der Waals surface area contributed by atoms with E-state index in [2.05, 4.69) is 4.90 Å². The van der Waals surface area contributed by atoms with Crippen LogP contribution in [0.25, 0.3) is 0 Å². The van der Waals surface area contributed by atoms with Gasteiger partial charge < -0.3 is 34.6 Å². The molecular weight excluding hydrogens is 930 g/mol. The zero-order valence-corrected chi connectivity index (χ0v) is 41.6. The Morgan fingerprint density at radius 2 is 0.863 bits per heavy atom. The van der Waals surface area contributed by atoms with Gasteiger partial charge in [0.05, 0.1) is 18.9 Å². The summed E-state index contributed by atoms with van der Waals surface area (Å²) in [6, 6.07) is 48.2. The number of methoxy groups -OCH3 is 1. The van der Waals surface area contributed by atoms with Gasteiger partial charge in [-0.25, -0.2) is 18.4 Å². The van der Waals surface area contributed by atoms with E-state index in [0.717, 1.165) is 22.3 Å². The summed E-state index contributed by atoms with van der Waals surface area (Å²) in [6.45, 7) is 2.60. The van der Waals surface area contributed by atoms with Crippen molar-refractivity contribution in [3.8, 4) is 11.5 Å². The average molecular weight is 991 g/mol. The fourth-order valence-electron chi connectivity index (χ4n) is 9.26. The number of halogens is 2. The van der Waals surface area contributed by atoms with Crippen LogP contribution in [0.2, 0.25) is 0 Å². The van der Waals surface area contributed by atoms with Crippen molar-refractivity contribution in [2.24, 2.45) is 0 Å². The molecule has 2 aliphatic rings. The number of carboxylic acid groups (broad SMARTS) is 1. The maximum atomic E-state index is 14.0. The molecule has 6 aromatic rings. The number of likely N-dealkylation sites (N-methyl/N-ethyl adjacent to an activating group) is 2. The summed E-state index contributed by atoms with van der Waals surface area (Å²) in [5, 5.41) is 9.93. The molecule has 8 rings (SSSR count). The molecule has 13 nitrogen and oxygen atoms in total. The Hall–Kier alpha value is -6.86. The van der Waals surface area contributed by atoms with Gasteiger partial charge in [-0.2, -0.15) is 0 Å². The molecule has 2 amide bonds. The van der Waals surface area contributed by atoms with Crippen LogP contribution >= 0.6 is 0 Å². The number of ether oxygens (including phenoxy) is 3. The summed E-state index contributed by atoms with van der Waals surface area (Å²) in [6.07, 6.45) is 0.812. The second kappa shape index (κ2) is 27.8. The Morgan fingerprint density at radius 3 is 1.18 bits per heavy atom. The number of rotatable bonds is 18. The van der Waals surface area contributed by atoms with Crippen LogP contribution in [-0.2, 0) is 23.9 Å². The molecule has 2 heterocycles. The zero-order valence-electron chi connectivity index (χ0n) is 41.6. The van der Waals surface area contributed by atoms with Crippen molar-refractivity contribution < 1.29 is 71.6 Å². The second-order valence-corrected chi connectivity index (χ2v) is 17.7. The van der Waals surface area contributed by atoms with Gasteiger partial charge in [0.15, 0.2) is 0 Å². The standard InChI is InChI=1S/C29H31FN2O4.C28H29FN2O4.Li.H2O/c1-31(17-18-36-25-15-13-23(30)14-16-25)24-19-26(29(34)35-2)32(20-24)28(33)27(21-9-5-3-6-10-21)22-11-7-4-8-12-22;1-30(16-17-35-24-14-12-22(29)13-15-24)23-18-25(28(33)34)31(19-23)27(32)26(20-8-4-2-5-9-20)21-10-6-3-7-11-21;;/h3-16,24,26-27H,17-20H2,1-2H3;2-15,23,25-26H,16-19H2,1H3,(H,33,34);;1H2/q;;+1;/p-1/t24-,26-;23-,25-;;/m00../s1. The first kappa shape index (κ1) is 57.0. The van der Waals surface area contributed by atoms with Crippen molar-refractivity contribution in [2.75, 3.05) is 60.6 Å². The number of aliphatic carboxylic acids is 1. The van der Waals surface area contributed by atoms with Crippen molar-refractivity contribution in [1.29, 1.82) is 0 Å². The van der Waals surface area contributed by atoms with Crippen LogP contribution in [0.3, 0.4) is 0 Å². The SMILES string of the molecule is CN(CCOc1ccc(F)cc1)[C@H]1C[C@@H](C(=O)O)N(C(=O)C(c2ccccc2)c2ccccc2)C1.COC(=O)[C@@H]1C[C@H](N(C)CCOc2ccc(F)cc2)CN1C(=O)C(c1ccccc1)c1ccccc1.[Li+].[OH-]. The van der Waals surface area contributed by atoms with E-state index < -0.39 is 35.9 Å². The minimum Gasteiger partial charge on any atom is -0.870 e. The Labute approximate surface area is 437 Å². The molecular formula is C57H61F2LiN4O9. The smallest absolute Gasteiger partial charge is 0.870 e. The number of hydrogen-bond acceptors (Lipinski definition) is 10. The fourth-order valence-corrected chi connectivity index (χ4v) is 9.26. The van der Waals surface area contributed by atoms with Gasteiger partial charge in [0.1, 0.15) is 48.4 Å².